The Morgan fingerprint density at radius 1 is 1.30 bits per heavy atom. The summed E-state index contributed by atoms with van der Waals surface area (Å²) in [6.07, 6.45) is -1.87. The van der Waals surface area contributed by atoms with E-state index in [-0.39, 0.29) is 22.6 Å². The van der Waals surface area contributed by atoms with Crippen LogP contribution in [0.25, 0.3) is 0 Å². The number of nitrogens with zero attached hydrogens (tertiary/aromatic N) is 4. The quantitative estimate of drug-likeness (QED) is 0.210. The maximum atomic E-state index is 12.1. The number of anilines is 2. The molecular weight excluding hydrogens is 427 g/mol. The van der Waals surface area contributed by atoms with Gasteiger partial charge in [0.1, 0.15) is 11.5 Å². The molecule has 0 fully saturated rings. The molecule has 3 aromatic rings. The Hall–Kier alpha value is -3.68. The fraction of sp³-hybridized carbons (Fsp3) is 0.125. The highest BCUT2D eigenvalue weighted by atomic mass is 32.2. The predicted octanol–water partition coefficient (Wildman–Crippen LogP) is 2.66. The lowest BCUT2D eigenvalue weighted by Crippen LogP contribution is -2.18. The van der Waals surface area contributed by atoms with Crippen LogP contribution in [0.3, 0.4) is 0 Å². The Balaban J connectivity index is 1.48. The number of carbonyl (C=O) groups excluding carboxylic acids is 1. The smallest absolute Gasteiger partial charge is 0.463 e. The Labute approximate surface area is 171 Å². The van der Waals surface area contributed by atoms with Gasteiger partial charge in [0, 0.05) is 5.69 Å². The number of nitrogens with one attached hydrogen (secondary N) is 2. The van der Waals surface area contributed by atoms with Crippen LogP contribution >= 0.6 is 11.8 Å². The zero-order chi connectivity index (χ0) is 21.6. The SMILES string of the molecule is Nn1c(N/N=C/c2ccco2)nnc1SCC(=O)Nc1ccc(OC(F)(F)F)cc1. The fourth-order valence-corrected chi connectivity index (χ4v) is 2.69. The number of nitrogen functional groups attached to an aromatic ring is 1. The molecule has 0 radical (unpaired) electrons. The van der Waals surface area contributed by atoms with Crippen molar-refractivity contribution in [2.24, 2.45) is 5.10 Å². The van der Waals surface area contributed by atoms with Gasteiger partial charge in [-0.25, -0.2) is 10.1 Å². The fourth-order valence-electron chi connectivity index (χ4n) is 2.04. The van der Waals surface area contributed by atoms with E-state index in [1.165, 1.54) is 24.6 Å². The highest BCUT2D eigenvalue weighted by Gasteiger charge is 2.30. The summed E-state index contributed by atoms with van der Waals surface area (Å²) in [4.78, 5) is 12.0. The first-order valence-corrected chi connectivity index (χ1v) is 9.10. The number of ether oxygens (including phenoxy) is 1. The number of furan rings is 1. The molecule has 0 aliphatic carbocycles. The van der Waals surface area contributed by atoms with Gasteiger partial charge in [0.25, 0.3) is 5.95 Å². The monoisotopic (exact) mass is 441 g/mol. The van der Waals surface area contributed by atoms with E-state index in [1.54, 1.807) is 12.1 Å². The normalized spacial score (nSPS) is 11.6. The lowest BCUT2D eigenvalue weighted by atomic mass is 10.3. The van der Waals surface area contributed by atoms with Crippen LogP contribution in [0.1, 0.15) is 5.76 Å². The van der Waals surface area contributed by atoms with E-state index in [0.29, 0.717) is 11.4 Å². The summed E-state index contributed by atoms with van der Waals surface area (Å²) in [6.45, 7) is 0. The molecule has 1 amide bonds. The number of hydrogen-bond acceptors (Lipinski definition) is 9. The number of rotatable bonds is 8. The number of hydrogen-bond donors (Lipinski definition) is 3. The molecule has 2 aromatic heterocycles. The van der Waals surface area contributed by atoms with Crippen molar-refractivity contribution in [3.8, 4) is 5.75 Å². The second-order valence-electron chi connectivity index (χ2n) is 5.47. The van der Waals surface area contributed by atoms with E-state index < -0.39 is 12.3 Å². The van der Waals surface area contributed by atoms with E-state index >= 15 is 0 Å². The van der Waals surface area contributed by atoms with E-state index in [2.05, 4.69) is 30.8 Å². The topological polar surface area (TPSA) is 133 Å². The molecule has 2 heterocycles. The van der Waals surface area contributed by atoms with Crippen LogP contribution in [-0.2, 0) is 4.79 Å². The summed E-state index contributed by atoms with van der Waals surface area (Å²) in [7, 11) is 0. The van der Waals surface area contributed by atoms with Crippen molar-refractivity contribution in [2.75, 3.05) is 22.3 Å². The molecule has 0 aliphatic rings. The van der Waals surface area contributed by atoms with Gasteiger partial charge in [0.05, 0.1) is 18.2 Å². The third-order valence-corrected chi connectivity index (χ3v) is 4.21. The molecule has 30 heavy (non-hydrogen) atoms. The molecule has 0 aliphatic heterocycles. The van der Waals surface area contributed by atoms with Crippen molar-refractivity contribution in [1.82, 2.24) is 14.9 Å². The van der Waals surface area contributed by atoms with Gasteiger partial charge in [-0.15, -0.1) is 23.4 Å². The highest BCUT2D eigenvalue weighted by molar-refractivity contribution is 7.99. The lowest BCUT2D eigenvalue weighted by molar-refractivity contribution is -0.274. The van der Waals surface area contributed by atoms with Crippen LogP contribution in [0.15, 0.2) is 57.3 Å². The van der Waals surface area contributed by atoms with Gasteiger partial charge in [0.2, 0.25) is 11.1 Å². The zero-order valence-electron chi connectivity index (χ0n) is 15.0. The molecule has 0 atom stereocenters. The van der Waals surface area contributed by atoms with Gasteiger partial charge >= 0.3 is 6.36 Å². The molecular formula is C16H14F3N7O3S. The molecule has 10 nitrogen and oxygen atoms in total. The van der Waals surface area contributed by atoms with E-state index in [4.69, 9.17) is 10.3 Å². The molecule has 14 heteroatoms. The average molecular weight is 441 g/mol. The predicted molar refractivity (Wildman–Crippen MR) is 103 cm³/mol. The van der Waals surface area contributed by atoms with Crippen molar-refractivity contribution in [3.05, 3.63) is 48.4 Å². The number of carbonyl (C=O) groups is 1. The van der Waals surface area contributed by atoms with Crippen molar-refractivity contribution in [1.29, 1.82) is 0 Å². The molecule has 3 rings (SSSR count). The minimum Gasteiger partial charge on any atom is -0.463 e. The Bertz CT molecular complexity index is 1000. The van der Waals surface area contributed by atoms with Crippen LogP contribution in [0, 0.1) is 0 Å². The first-order chi connectivity index (χ1) is 14.3. The largest absolute Gasteiger partial charge is 0.573 e. The molecule has 158 valence electrons. The van der Waals surface area contributed by atoms with Crippen LogP contribution in [0.2, 0.25) is 0 Å². The number of alkyl halides is 3. The number of amides is 1. The summed E-state index contributed by atoms with van der Waals surface area (Å²) in [5.74, 6) is 5.63. The van der Waals surface area contributed by atoms with Crippen LogP contribution in [0.5, 0.6) is 5.75 Å². The van der Waals surface area contributed by atoms with Gasteiger partial charge in [-0.05, 0) is 36.4 Å². The molecule has 0 saturated carbocycles. The van der Waals surface area contributed by atoms with Crippen molar-refractivity contribution >= 4 is 35.5 Å². The van der Waals surface area contributed by atoms with Crippen LogP contribution < -0.4 is 21.3 Å². The van der Waals surface area contributed by atoms with Gasteiger partial charge in [-0.2, -0.15) is 5.10 Å². The standard InChI is InChI=1S/C16H14F3N7O3S/c17-16(18,19)29-11-5-3-10(4-6-11)22-13(27)9-30-15-25-24-14(26(15)20)23-21-8-12-2-1-7-28-12/h1-8H,9,20H2,(H,22,27)(H,23,24)/b21-8+. The Kier molecular flexibility index (Phi) is 6.46. The molecule has 1 aromatic carbocycles. The molecule has 4 N–H and O–H groups in total. The molecule has 0 unspecified atom stereocenters. The lowest BCUT2D eigenvalue weighted by Gasteiger charge is -2.09. The van der Waals surface area contributed by atoms with Crippen molar-refractivity contribution in [2.45, 2.75) is 11.5 Å². The number of halogens is 3. The molecule has 0 saturated heterocycles. The summed E-state index contributed by atoms with van der Waals surface area (Å²) in [6, 6.07) is 8.16. The second-order valence-corrected chi connectivity index (χ2v) is 6.41. The van der Waals surface area contributed by atoms with Gasteiger partial charge < -0.3 is 20.3 Å². The highest BCUT2D eigenvalue weighted by Crippen LogP contribution is 2.24. The number of thioether (sulfide) groups is 1. The van der Waals surface area contributed by atoms with E-state index in [9.17, 15) is 18.0 Å². The van der Waals surface area contributed by atoms with Gasteiger partial charge in [-0.1, -0.05) is 11.8 Å². The van der Waals surface area contributed by atoms with Crippen molar-refractivity contribution in [3.63, 3.8) is 0 Å². The van der Waals surface area contributed by atoms with Crippen molar-refractivity contribution < 1.29 is 27.1 Å². The number of aromatic nitrogens is 3. The molecule has 0 spiro atoms. The van der Waals surface area contributed by atoms with Gasteiger partial charge in [-0.3, -0.25) is 4.79 Å². The Morgan fingerprint density at radius 2 is 2.07 bits per heavy atom. The second kappa shape index (κ2) is 9.21. The van der Waals surface area contributed by atoms with Crippen LogP contribution in [-0.4, -0.2) is 39.1 Å². The Morgan fingerprint density at radius 3 is 2.73 bits per heavy atom. The average Bonchev–Trinajstić information content (AvgIpc) is 3.31. The summed E-state index contributed by atoms with van der Waals surface area (Å²) < 4.78 is 46.4. The number of hydrazone groups is 1. The molecule has 0 bridgehead atoms. The zero-order valence-corrected chi connectivity index (χ0v) is 15.8. The minimum atomic E-state index is -4.78. The summed E-state index contributed by atoms with van der Waals surface area (Å²) >= 11 is 1.01. The number of benzene rings is 1. The first kappa shape index (κ1) is 21.0. The summed E-state index contributed by atoms with van der Waals surface area (Å²) in [5, 5.41) is 14.3. The minimum absolute atomic E-state index is 0.0637. The van der Waals surface area contributed by atoms with Crippen LogP contribution in [0.4, 0.5) is 24.8 Å². The number of nitrogens with two attached hydrogens (primary N) is 1. The summed E-state index contributed by atoms with van der Waals surface area (Å²) in [5.41, 5.74) is 2.89. The maximum Gasteiger partial charge on any atom is 0.573 e. The maximum absolute atomic E-state index is 12.1. The third kappa shape index (κ3) is 6.16. The van der Waals surface area contributed by atoms with E-state index in [0.717, 1.165) is 28.6 Å². The van der Waals surface area contributed by atoms with Gasteiger partial charge in [0.15, 0.2) is 0 Å². The first-order valence-electron chi connectivity index (χ1n) is 8.12. The van der Waals surface area contributed by atoms with E-state index in [1.807, 2.05) is 0 Å². The third-order valence-electron chi connectivity index (χ3n) is 3.27.